The molecule has 0 bridgehead atoms. The minimum Gasteiger partial charge on any atom is -0.507 e. The number of para-hydroxylation sites is 1. The maximum atomic E-state index is 11.1. The van der Waals surface area contributed by atoms with Crippen molar-refractivity contribution in [3.63, 3.8) is 0 Å². The van der Waals surface area contributed by atoms with Gasteiger partial charge in [0.2, 0.25) is 0 Å². The third kappa shape index (κ3) is 3.19. The largest absolute Gasteiger partial charge is 0.507 e. The van der Waals surface area contributed by atoms with Crippen molar-refractivity contribution in [2.75, 3.05) is 0 Å². The molecule has 0 amide bonds. The first kappa shape index (κ1) is 12.7. The van der Waals surface area contributed by atoms with E-state index in [0.29, 0.717) is 0 Å². The summed E-state index contributed by atoms with van der Waals surface area (Å²) in [5.74, 6) is -1.74. The molecule has 1 radical (unpaired) electrons. The van der Waals surface area contributed by atoms with Gasteiger partial charge in [-0.25, -0.2) is 4.79 Å². The molecular weight excluding hydrogens is 231 g/mol. The van der Waals surface area contributed by atoms with Gasteiger partial charge >= 0.3 is 11.9 Å². The van der Waals surface area contributed by atoms with Crippen molar-refractivity contribution in [3.8, 4) is 5.75 Å². The number of benzene rings is 1. The summed E-state index contributed by atoms with van der Waals surface area (Å²) in [4.78, 5) is 21.5. The SMILES string of the molecule is CC(=O)OC(=O)c1ccccc1O.[Co]. The van der Waals surface area contributed by atoms with Crippen LogP contribution in [0.5, 0.6) is 5.75 Å². The molecule has 0 aromatic heterocycles. The van der Waals surface area contributed by atoms with Crippen LogP contribution in [0.1, 0.15) is 17.3 Å². The van der Waals surface area contributed by atoms with Crippen LogP contribution in [-0.4, -0.2) is 17.0 Å². The normalized spacial score (nSPS) is 8.64. The van der Waals surface area contributed by atoms with E-state index in [1.54, 1.807) is 12.1 Å². The molecule has 1 rings (SSSR count). The molecule has 0 aliphatic heterocycles. The van der Waals surface area contributed by atoms with Crippen molar-refractivity contribution in [1.82, 2.24) is 0 Å². The quantitative estimate of drug-likeness (QED) is 0.588. The average molecular weight is 239 g/mol. The number of esters is 2. The summed E-state index contributed by atoms with van der Waals surface area (Å²) in [6.45, 7) is 1.12. The number of aromatic hydroxyl groups is 1. The van der Waals surface area contributed by atoms with E-state index < -0.39 is 11.9 Å². The summed E-state index contributed by atoms with van der Waals surface area (Å²) >= 11 is 0. The minimum atomic E-state index is -0.842. The Balaban J connectivity index is 0.00000169. The van der Waals surface area contributed by atoms with Gasteiger partial charge in [-0.1, -0.05) is 12.1 Å². The molecular formula is C9H8CoO4. The Morgan fingerprint density at radius 1 is 1.29 bits per heavy atom. The van der Waals surface area contributed by atoms with Gasteiger partial charge in [-0.05, 0) is 12.1 Å². The van der Waals surface area contributed by atoms with Gasteiger partial charge in [0.25, 0.3) is 0 Å². The molecule has 14 heavy (non-hydrogen) atoms. The molecule has 0 atom stereocenters. The van der Waals surface area contributed by atoms with Gasteiger partial charge in [-0.2, -0.15) is 0 Å². The van der Waals surface area contributed by atoms with E-state index in [0.717, 1.165) is 6.92 Å². The molecule has 0 unspecified atom stereocenters. The van der Waals surface area contributed by atoms with Gasteiger partial charge in [-0.15, -0.1) is 0 Å². The third-order valence-electron chi connectivity index (χ3n) is 1.36. The van der Waals surface area contributed by atoms with E-state index in [1.165, 1.54) is 12.1 Å². The zero-order valence-electron chi connectivity index (χ0n) is 7.31. The monoisotopic (exact) mass is 239 g/mol. The second-order valence-corrected chi connectivity index (χ2v) is 2.40. The standard InChI is InChI=1S/C9H8O4.Co/c1-6(10)13-9(12)7-4-2-3-5-8(7)11;/h2-5,11H,1H3;. The van der Waals surface area contributed by atoms with Crippen molar-refractivity contribution < 1.29 is 36.2 Å². The molecule has 0 aliphatic carbocycles. The number of hydrogen-bond acceptors (Lipinski definition) is 4. The molecule has 0 fully saturated rings. The molecule has 0 saturated carbocycles. The van der Waals surface area contributed by atoms with Crippen LogP contribution in [-0.2, 0) is 26.3 Å². The van der Waals surface area contributed by atoms with Crippen LogP contribution < -0.4 is 0 Å². The van der Waals surface area contributed by atoms with Crippen LogP contribution in [0.3, 0.4) is 0 Å². The van der Waals surface area contributed by atoms with Crippen LogP contribution in [0.2, 0.25) is 0 Å². The van der Waals surface area contributed by atoms with Gasteiger partial charge < -0.3 is 9.84 Å². The van der Waals surface area contributed by atoms with Crippen LogP contribution in [0, 0.1) is 0 Å². The van der Waals surface area contributed by atoms with E-state index in [2.05, 4.69) is 4.74 Å². The number of carbonyl (C=O) groups excluding carboxylic acids is 2. The smallest absolute Gasteiger partial charge is 0.349 e. The van der Waals surface area contributed by atoms with Gasteiger partial charge in [0.05, 0.1) is 0 Å². The predicted molar refractivity (Wildman–Crippen MR) is 44.2 cm³/mol. The van der Waals surface area contributed by atoms with Gasteiger partial charge in [0.1, 0.15) is 11.3 Å². The predicted octanol–water partition coefficient (Wildman–Crippen LogP) is 1.09. The maximum absolute atomic E-state index is 11.1. The first-order valence-electron chi connectivity index (χ1n) is 3.62. The topological polar surface area (TPSA) is 63.6 Å². The summed E-state index contributed by atoms with van der Waals surface area (Å²) in [6, 6.07) is 5.85. The molecule has 5 heteroatoms. The summed E-state index contributed by atoms with van der Waals surface area (Å²) < 4.78 is 4.28. The van der Waals surface area contributed by atoms with Crippen molar-refractivity contribution >= 4 is 11.9 Å². The van der Waals surface area contributed by atoms with Crippen LogP contribution in [0.25, 0.3) is 0 Å². The Morgan fingerprint density at radius 3 is 2.36 bits per heavy atom. The Labute approximate surface area is 91.1 Å². The summed E-state index contributed by atoms with van der Waals surface area (Å²) in [6.07, 6.45) is 0. The Kier molecular flexibility index (Phi) is 4.89. The summed E-state index contributed by atoms with van der Waals surface area (Å²) in [5.41, 5.74) is -0.0160. The fourth-order valence-electron chi connectivity index (χ4n) is 0.832. The van der Waals surface area contributed by atoms with E-state index in [-0.39, 0.29) is 28.1 Å². The Morgan fingerprint density at radius 2 is 1.86 bits per heavy atom. The molecule has 0 heterocycles. The minimum absolute atomic E-state index is 0. The molecule has 0 saturated heterocycles. The van der Waals surface area contributed by atoms with Gasteiger partial charge in [0.15, 0.2) is 0 Å². The second-order valence-electron chi connectivity index (χ2n) is 2.40. The summed E-state index contributed by atoms with van der Waals surface area (Å²) in [7, 11) is 0. The molecule has 1 aromatic carbocycles. The van der Waals surface area contributed by atoms with E-state index in [9.17, 15) is 14.7 Å². The van der Waals surface area contributed by atoms with Crippen molar-refractivity contribution in [3.05, 3.63) is 29.8 Å². The average Bonchev–Trinajstić information content (AvgIpc) is 2.03. The van der Waals surface area contributed by atoms with Crippen LogP contribution >= 0.6 is 0 Å². The molecule has 0 spiro atoms. The zero-order valence-corrected chi connectivity index (χ0v) is 8.36. The number of carbonyl (C=O) groups is 2. The second kappa shape index (κ2) is 5.41. The Bertz CT molecular complexity index is 348. The van der Waals surface area contributed by atoms with Gasteiger partial charge in [-0.3, -0.25) is 4.79 Å². The maximum Gasteiger partial charge on any atom is 0.349 e. The first-order chi connectivity index (χ1) is 6.11. The van der Waals surface area contributed by atoms with Crippen LogP contribution in [0.4, 0.5) is 0 Å². The molecule has 77 valence electrons. The third-order valence-corrected chi connectivity index (χ3v) is 1.36. The molecule has 1 aromatic rings. The zero-order chi connectivity index (χ0) is 9.84. The Hall–Kier alpha value is -1.33. The van der Waals surface area contributed by atoms with Gasteiger partial charge in [0, 0.05) is 23.7 Å². The molecule has 0 aliphatic rings. The van der Waals surface area contributed by atoms with E-state index in [1.807, 2.05) is 0 Å². The number of ether oxygens (including phenoxy) is 1. The fourth-order valence-corrected chi connectivity index (χ4v) is 0.832. The van der Waals surface area contributed by atoms with Crippen LogP contribution in [0.15, 0.2) is 24.3 Å². The molecule has 4 nitrogen and oxygen atoms in total. The van der Waals surface area contributed by atoms with Crippen molar-refractivity contribution in [2.45, 2.75) is 6.92 Å². The van der Waals surface area contributed by atoms with Crippen molar-refractivity contribution in [2.24, 2.45) is 0 Å². The fraction of sp³-hybridized carbons (Fsp3) is 0.111. The number of rotatable bonds is 1. The first-order valence-corrected chi connectivity index (χ1v) is 3.62. The number of phenolic OH excluding ortho intramolecular Hbond substituents is 1. The summed E-state index contributed by atoms with van der Waals surface area (Å²) in [5, 5.41) is 9.18. The van der Waals surface area contributed by atoms with E-state index in [4.69, 9.17) is 0 Å². The molecule has 1 N–H and O–H groups in total. The number of hydrogen-bond donors (Lipinski definition) is 1. The van der Waals surface area contributed by atoms with Crippen molar-refractivity contribution in [1.29, 1.82) is 0 Å². The number of phenols is 1. The van der Waals surface area contributed by atoms with E-state index >= 15 is 0 Å².